The SMILES string of the molecule is Cc1ccnn1-c1cccc(NC(=O)Cc2csc(NC(=O)c3ccccc3)n2)c1. The molecule has 4 aromatic rings. The molecule has 0 spiro atoms. The van der Waals surface area contributed by atoms with Crippen LogP contribution in [0.2, 0.25) is 0 Å². The molecule has 30 heavy (non-hydrogen) atoms. The molecule has 0 aliphatic carbocycles. The summed E-state index contributed by atoms with van der Waals surface area (Å²) in [7, 11) is 0. The van der Waals surface area contributed by atoms with E-state index in [1.165, 1.54) is 11.3 Å². The first-order valence-electron chi connectivity index (χ1n) is 9.30. The molecule has 0 bridgehead atoms. The number of nitrogens with one attached hydrogen (secondary N) is 2. The predicted octanol–water partition coefficient (Wildman–Crippen LogP) is 4.07. The Morgan fingerprint density at radius 3 is 2.63 bits per heavy atom. The first kappa shape index (κ1) is 19.5. The van der Waals surface area contributed by atoms with Crippen LogP contribution in [0.1, 0.15) is 21.7 Å². The van der Waals surface area contributed by atoms with Crippen LogP contribution in [0.25, 0.3) is 5.69 Å². The van der Waals surface area contributed by atoms with Gasteiger partial charge in [0.05, 0.1) is 17.8 Å². The maximum absolute atomic E-state index is 12.4. The molecule has 0 saturated heterocycles. The lowest BCUT2D eigenvalue weighted by molar-refractivity contribution is -0.115. The summed E-state index contributed by atoms with van der Waals surface area (Å²) in [4.78, 5) is 29.0. The Morgan fingerprint density at radius 1 is 1.03 bits per heavy atom. The van der Waals surface area contributed by atoms with Gasteiger partial charge in [0.1, 0.15) is 0 Å². The zero-order valence-corrected chi connectivity index (χ0v) is 17.0. The van der Waals surface area contributed by atoms with Crippen molar-refractivity contribution in [1.82, 2.24) is 14.8 Å². The van der Waals surface area contributed by atoms with Crippen LogP contribution in [0.4, 0.5) is 10.8 Å². The summed E-state index contributed by atoms with van der Waals surface area (Å²) in [6.45, 7) is 1.97. The smallest absolute Gasteiger partial charge is 0.257 e. The number of amides is 2. The molecule has 0 aliphatic rings. The molecule has 2 amide bonds. The molecule has 0 fully saturated rings. The van der Waals surface area contributed by atoms with E-state index in [1.54, 1.807) is 40.5 Å². The van der Waals surface area contributed by atoms with Crippen LogP contribution in [0.15, 0.2) is 72.2 Å². The number of carbonyl (C=O) groups is 2. The number of hydrogen-bond donors (Lipinski definition) is 2. The maximum Gasteiger partial charge on any atom is 0.257 e. The molecule has 2 heterocycles. The van der Waals surface area contributed by atoms with Gasteiger partial charge in [0.15, 0.2) is 5.13 Å². The number of aromatic nitrogens is 3. The van der Waals surface area contributed by atoms with E-state index in [9.17, 15) is 9.59 Å². The summed E-state index contributed by atoms with van der Waals surface area (Å²) in [5.74, 6) is -0.415. The van der Waals surface area contributed by atoms with Crippen molar-refractivity contribution in [1.29, 1.82) is 0 Å². The lowest BCUT2D eigenvalue weighted by Gasteiger charge is -2.08. The Morgan fingerprint density at radius 2 is 1.87 bits per heavy atom. The Labute approximate surface area is 177 Å². The molecule has 7 nitrogen and oxygen atoms in total. The summed E-state index contributed by atoms with van der Waals surface area (Å²) >= 11 is 1.29. The van der Waals surface area contributed by atoms with Crippen molar-refractivity contribution >= 4 is 34.0 Å². The van der Waals surface area contributed by atoms with E-state index in [4.69, 9.17) is 0 Å². The number of nitrogens with zero attached hydrogens (tertiary/aromatic N) is 3. The van der Waals surface area contributed by atoms with Gasteiger partial charge in [0.2, 0.25) is 5.91 Å². The van der Waals surface area contributed by atoms with Gasteiger partial charge in [0.25, 0.3) is 5.91 Å². The normalized spacial score (nSPS) is 10.6. The summed E-state index contributed by atoms with van der Waals surface area (Å²) in [5.41, 5.74) is 3.71. The Hall–Kier alpha value is -3.78. The summed E-state index contributed by atoms with van der Waals surface area (Å²) < 4.78 is 1.80. The van der Waals surface area contributed by atoms with Gasteiger partial charge >= 0.3 is 0 Å². The van der Waals surface area contributed by atoms with Gasteiger partial charge in [-0.2, -0.15) is 5.10 Å². The predicted molar refractivity (Wildman–Crippen MR) is 117 cm³/mol. The first-order valence-corrected chi connectivity index (χ1v) is 10.2. The van der Waals surface area contributed by atoms with E-state index in [-0.39, 0.29) is 18.2 Å². The third kappa shape index (κ3) is 4.61. The standard InChI is InChI=1S/C22H19N5O2S/c1-15-10-11-23-27(15)19-9-5-8-17(12-19)24-20(28)13-18-14-30-22(25-18)26-21(29)16-6-3-2-4-7-16/h2-12,14H,13H2,1H3,(H,24,28)(H,25,26,29). The third-order valence-electron chi connectivity index (χ3n) is 4.36. The van der Waals surface area contributed by atoms with Gasteiger partial charge < -0.3 is 5.32 Å². The highest BCUT2D eigenvalue weighted by atomic mass is 32.1. The number of benzene rings is 2. The van der Waals surface area contributed by atoms with Crippen LogP contribution in [0, 0.1) is 6.92 Å². The van der Waals surface area contributed by atoms with Crippen molar-refractivity contribution in [2.45, 2.75) is 13.3 Å². The average molecular weight is 417 g/mol. The van der Waals surface area contributed by atoms with Gasteiger partial charge in [-0.1, -0.05) is 24.3 Å². The van der Waals surface area contributed by atoms with E-state index < -0.39 is 0 Å². The summed E-state index contributed by atoms with van der Waals surface area (Å²) in [5, 5.41) is 12.2. The van der Waals surface area contributed by atoms with E-state index in [0.717, 1.165) is 11.4 Å². The molecule has 2 aromatic carbocycles. The third-order valence-corrected chi connectivity index (χ3v) is 5.16. The maximum atomic E-state index is 12.4. The fourth-order valence-electron chi connectivity index (χ4n) is 2.93. The van der Waals surface area contributed by atoms with Crippen LogP contribution in [0.3, 0.4) is 0 Å². The molecular formula is C22H19N5O2S. The highest BCUT2D eigenvalue weighted by Crippen LogP contribution is 2.19. The molecule has 2 N–H and O–H groups in total. The zero-order chi connectivity index (χ0) is 20.9. The van der Waals surface area contributed by atoms with E-state index in [1.807, 2.05) is 43.3 Å². The van der Waals surface area contributed by atoms with Crippen molar-refractivity contribution in [2.24, 2.45) is 0 Å². The Bertz CT molecular complexity index is 1180. The molecule has 0 aliphatic heterocycles. The van der Waals surface area contributed by atoms with Crippen molar-refractivity contribution < 1.29 is 9.59 Å². The molecule has 2 aromatic heterocycles. The lowest BCUT2D eigenvalue weighted by Crippen LogP contribution is -2.15. The average Bonchev–Trinajstić information content (AvgIpc) is 3.37. The minimum Gasteiger partial charge on any atom is -0.326 e. The Balaban J connectivity index is 1.37. The van der Waals surface area contributed by atoms with Gasteiger partial charge in [0, 0.05) is 28.5 Å². The van der Waals surface area contributed by atoms with Crippen LogP contribution >= 0.6 is 11.3 Å². The summed E-state index contributed by atoms with van der Waals surface area (Å²) in [6.07, 6.45) is 1.85. The fraction of sp³-hybridized carbons (Fsp3) is 0.0909. The van der Waals surface area contributed by atoms with E-state index in [2.05, 4.69) is 20.7 Å². The Kier molecular flexibility index (Phi) is 5.67. The number of carbonyl (C=O) groups excluding carboxylic acids is 2. The lowest BCUT2D eigenvalue weighted by atomic mass is 10.2. The quantitative estimate of drug-likeness (QED) is 0.495. The monoisotopic (exact) mass is 417 g/mol. The molecular weight excluding hydrogens is 398 g/mol. The number of aryl methyl sites for hydroxylation is 1. The van der Waals surface area contributed by atoms with Gasteiger partial charge in [-0.3, -0.25) is 14.9 Å². The topological polar surface area (TPSA) is 88.9 Å². The number of anilines is 2. The molecule has 0 radical (unpaired) electrons. The van der Waals surface area contributed by atoms with Crippen molar-refractivity contribution in [2.75, 3.05) is 10.6 Å². The molecule has 0 unspecified atom stereocenters. The second kappa shape index (κ2) is 8.71. The minimum absolute atomic E-state index is 0.114. The van der Waals surface area contributed by atoms with Gasteiger partial charge in [-0.15, -0.1) is 11.3 Å². The second-order valence-electron chi connectivity index (χ2n) is 6.62. The zero-order valence-electron chi connectivity index (χ0n) is 16.2. The summed E-state index contributed by atoms with van der Waals surface area (Å²) in [6, 6.07) is 18.3. The number of hydrogen-bond acceptors (Lipinski definition) is 5. The molecule has 150 valence electrons. The van der Waals surface area contributed by atoms with E-state index in [0.29, 0.717) is 22.1 Å². The highest BCUT2D eigenvalue weighted by molar-refractivity contribution is 7.14. The van der Waals surface area contributed by atoms with Crippen molar-refractivity contribution in [3.63, 3.8) is 0 Å². The molecule has 0 atom stereocenters. The van der Waals surface area contributed by atoms with Crippen LogP contribution in [-0.4, -0.2) is 26.6 Å². The number of thiazole rings is 1. The van der Waals surface area contributed by atoms with Crippen LogP contribution < -0.4 is 10.6 Å². The number of rotatable bonds is 6. The van der Waals surface area contributed by atoms with Crippen molar-refractivity contribution in [3.05, 3.63) is 89.2 Å². The minimum atomic E-state index is -0.230. The van der Waals surface area contributed by atoms with E-state index >= 15 is 0 Å². The highest BCUT2D eigenvalue weighted by Gasteiger charge is 2.12. The molecule has 8 heteroatoms. The van der Waals surface area contributed by atoms with Gasteiger partial charge in [-0.25, -0.2) is 9.67 Å². The molecule has 4 rings (SSSR count). The second-order valence-corrected chi connectivity index (χ2v) is 7.48. The molecule has 0 saturated carbocycles. The van der Waals surface area contributed by atoms with Gasteiger partial charge in [-0.05, 0) is 43.3 Å². The largest absolute Gasteiger partial charge is 0.326 e. The van der Waals surface area contributed by atoms with Crippen LogP contribution in [-0.2, 0) is 11.2 Å². The first-order chi connectivity index (χ1) is 14.6. The van der Waals surface area contributed by atoms with Crippen molar-refractivity contribution in [3.8, 4) is 5.69 Å². The van der Waals surface area contributed by atoms with Crippen LogP contribution in [0.5, 0.6) is 0 Å². The fourth-order valence-corrected chi connectivity index (χ4v) is 3.63.